The van der Waals surface area contributed by atoms with Crippen molar-refractivity contribution in [3.05, 3.63) is 54.6 Å². The van der Waals surface area contributed by atoms with Crippen molar-refractivity contribution in [1.82, 2.24) is 4.90 Å². The van der Waals surface area contributed by atoms with E-state index in [0.29, 0.717) is 12.5 Å². The van der Waals surface area contributed by atoms with Crippen LogP contribution in [0.25, 0.3) is 0 Å². The first kappa shape index (κ1) is 24.5. The fourth-order valence-corrected chi connectivity index (χ4v) is 5.32. The maximum Gasteiger partial charge on any atom is 0.226 e. The molecule has 1 saturated carbocycles. The van der Waals surface area contributed by atoms with Gasteiger partial charge in [0.05, 0.1) is 6.04 Å². The molecule has 1 aliphatic carbocycles. The van der Waals surface area contributed by atoms with Gasteiger partial charge in [0.1, 0.15) is 11.5 Å². The number of para-hydroxylation sites is 1. The van der Waals surface area contributed by atoms with E-state index in [4.69, 9.17) is 9.73 Å². The summed E-state index contributed by atoms with van der Waals surface area (Å²) in [6, 6.07) is 17.8. The summed E-state index contributed by atoms with van der Waals surface area (Å²) in [5, 5.41) is 4.12. The first-order chi connectivity index (χ1) is 15.2. The number of halogens is 1. The number of amidine groups is 1. The van der Waals surface area contributed by atoms with Crippen LogP contribution >= 0.6 is 24.2 Å². The maximum absolute atomic E-state index is 12.6. The Morgan fingerprint density at radius 3 is 2.38 bits per heavy atom. The Bertz CT molecular complexity index is 884. The summed E-state index contributed by atoms with van der Waals surface area (Å²) in [5.41, 5.74) is 0.783. The molecule has 0 aromatic heterocycles. The normalized spacial score (nSPS) is 20.5. The van der Waals surface area contributed by atoms with Gasteiger partial charge in [-0.3, -0.25) is 9.79 Å². The molecule has 7 heteroatoms. The SMILES string of the molecule is CN1/C(=N/C2CCCCCC2)SCC1CC(=O)Nc1ccc(Oc2ccccc2)cc1.Cl. The van der Waals surface area contributed by atoms with Crippen LogP contribution < -0.4 is 10.1 Å². The van der Waals surface area contributed by atoms with Gasteiger partial charge >= 0.3 is 0 Å². The van der Waals surface area contributed by atoms with E-state index in [9.17, 15) is 4.79 Å². The molecule has 1 aliphatic heterocycles. The predicted octanol–water partition coefficient (Wildman–Crippen LogP) is 6.36. The van der Waals surface area contributed by atoms with Crippen molar-refractivity contribution in [2.45, 2.75) is 57.0 Å². The molecule has 2 aliphatic rings. The number of anilines is 1. The van der Waals surface area contributed by atoms with Gasteiger partial charge in [0.2, 0.25) is 5.91 Å². The number of thioether (sulfide) groups is 1. The number of rotatable bonds is 6. The summed E-state index contributed by atoms with van der Waals surface area (Å²) in [4.78, 5) is 19.8. The summed E-state index contributed by atoms with van der Waals surface area (Å²) >= 11 is 1.79. The topological polar surface area (TPSA) is 53.9 Å². The lowest BCUT2D eigenvalue weighted by Gasteiger charge is -2.21. The van der Waals surface area contributed by atoms with Crippen LogP contribution in [0.4, 0.5) is 5.69 Å². The first-order valence-electron chi connectivity index (χ1n) is 11.2. The largest absolute Gasteiger partial charge is 0.457 e. The van der Waals surface area contributed by atoms with Gasteiger partial charge in [-0.2, -0.15) is 0 Å². The van der Waals surface area contributed by atoms with Gasteiger partial charge in [-0.25, -0.2) is 0 Å². The van der Waals surface area contributed by atoms with Crippen LogP contribution in [0.3, 0.4) is 0 Å². The zero-order valence-corrected chi connectivity index (χ0v) is 20.2. The van der Waals surface area contributed by atoms with Gasteiger partial charge in [-0.05, 0) is 49.2 Å². The molecule has 2 aromatic carbocycles. The van der Waals surface area contributed by atoms with Crippen LogP contribution in [-0.2, 0) is 4.79 Å². The van der Waals surface area contributed by atoms with E-state index in [-0.39, 0.29) is 24.4 Å². The van der Waals surface area contributed by atoms with Gasteiger partial charge in [-0.15, -0.1) is 12.4 Å². The number of hydrogen-bond acceptors (Lipinski definition) is 4. The molecule has 5 nitrogen and oxygen atoms in total. The number of ether oxygens (including phenoxy) is 1. The lowest BCUT2D eigenvalue weighted by atomic mass is 10.1. The molecule has 1 N–H and O–H groups in total. The van der Waals surface area contributed by atoms with Crippen LogP contribution in [0.1, 0.15) is 44.9 Å². The standard InChI is InChI=1S/C25H31N3O2S.ClH/c1-28-21(18-31-25(28)27-19-9-5-2-3-6-10-19)17-24(29)26-20-13-15-23(16-14-20)30-22-11-7-4-8-12-22;/h4,7-8,11-16,19,21H,2-3,5-6,9-10,17-18H2,1H3,(H,26,29);1H/b27-25-;. The number of amides is 1. The molecule has 32 heavy (non-hydrogen) atoms. The molecule has 2 fully saturated rings. The van der Waals surface area contributed by atoms with Crippen molar-refractivity contribution >= 4 is 40.9 Å². The second-order valence-electron chi connectivity index (χ2n) is 8.32. The molecule has 0 spiro atoms. The van der Waals surface area contributed by atoms with E-state index in [1.54, 1.807) is 11.8 Å². The number of hydrogen-bond donors (Lipinski definition) is 1. The van der Waals surface area contributed by atoms with Crippen LogP contribution in [0.15, 0.2) is 59.6 Å². The molecule has 1 amide bonds. The number of benzene rings is 2. The average molecular weight is 474 g/mol. The van der Waals surface area contributed by atoms with Gasteiger partial charge < -0.3 is 15.0 Å². The molecule has 0 radical (unpaired) electrons. The number of nitrogens with zero attached hydrogens (tertiary/aromatic N) is 2. The fourth-order valence-electron chi connectivity index (χ4n) is 4.06. The Morgan fingerprint density at radius 2 is 1.69 bits per heavy atom. The highest BCUT2D eigenvalue weighted by Gasteiger charge is 2.29. The molecule has 1 atom stereocenters. The monoisotopic (exact) mass is 473 g/mol. The van der Waals surface area contributed by atoms with Crippen molar-refractivity contribution in [2.75, 3.05) is 18.1 Å². The second-order valence-corrected chi connectivity index (χ2v) is 9.31. The van der Waals surface area contributed by atoms with E-state index in [1.807, 2.05) is 54.6 Å². The van der Waals surface area contributed by atoms with Crippen molar-refractivity contribution in [3.8, 4) is 11.5 Å². The minimum Gasteiger partial charge on any atom is -0.457 e. The molecule has 2 aromatic rings. The van der Waals surface area contributed by atoms with Crippen molar-refractivity contribution < 1.29 is 9.53 Å². The zero-order chi connectivity index (χ0) is 21.5. The number of aliphatic imine (C=N–C) groups is 1. The molecular formula is C25H32ClN3O2S. The maximum atomic E-state index is 12.6. The number of carbonyl (C=O) groups excluding carboxylic acids is 1. The molecule has 1 heterocycles. The highest BCUT2D eigenvalue weighted by atomic mass is 35.5. The van der Waals surface area contributed by atoms with Crippen LogP contribution in [0.5, 0.6) is 11.5 Å². The highest BCUT2D eigenvalue weighted by Crippen LogP contribution is 2.28. The average Bonchev–Trinajstić information content (AvgIpc) is 2.96. The Morgan fingerprint density at radius 1 is 1.03 bits per heavy atom. The minimum atomic E-state index is 0. The van der Waals surface area contributed by atoms with Gasteiger partial charge in [0.25, 0.3) is 0 Å². The minimum absolute atomic E-state index is 0. The van der Waals surface area contributed by atoms with Crippen LogP contribution in [0, 0.1) is 0 Å². The zero-order valence-electron chi connectivity index (χ0n) is 18.5. The fraction of sp³-hybridized carbons (Fsp3) is 0.440. The van der Waals surface area contributed by atoms with E-state index < -0.39 is 0 Å². The number of carbonyl (C=O) groups is 1. The lowest BCUT2D eigenvalue weighted by molar-refractivity contribution is -0.116. The summed E-state index contributed by atoms with van der Waals surface area (Å²) in [5.74, 6) is 2.49. The first-order valence-corrected chi connectivity index (χ1v) is 12.2. The van der Waals surface area contributed by atoms with Crippen molar-refractivity contribution in [2.24, 2.45) is 4.99 Å². The molecule has 0 bridgehead atoms. The summed E-state index contributed by atoms with van der Waals surface area (Å²) in [6.07, 6.45) is 8.13. The third-order valence-corrected chi connectivity index (χ3v) is 7.11. The number of nitrogens with one attached hydrogen (secondary N) is 1. The van der Waals surface area contributed by atoms with E-state index in [0.717, 1.165) is 28.1 Å². The van der Waals surface area contributed by atoms with Crippen LogP contribution in [-0.4, -0.2) is 40.9 Å². The molecule has 1 saturated heterocycles. The van der Waals surface area contributed by atoms with Gasteiger partial charge in [0.15, 0.2) is 5.17 Å². The summed E-state index contributed by atoms with van der Waals surface area (Å²) in [6.45, 7) is 0. The third kappa shape index (κ3) is 6.91. The molecule has 4 rings (SSSR count). The summed E-state index contributed by atoms with van der Waals surface area (Å²) < 4.78 is 5.81. The van der Waals surface area contributed by atoms with Crippen LogP contribution in [0.2, 0.25) is 0 Å². The Kier molecular flexibility index (Phi) is 9.30. The highest BCUT2D eigenvalue weighted by molar-refractivity contribution is 8.14. The summed E-state index contributed by atoms with van der Waals surface area (Å²) in [7, 11) is 2.07. The third-order valence-electron chi connectivity index (χ3n) is 5.91. The smallest absolute Gasteiger partial charge is 0.226 e. The predicted molar refractivity (Wildman–Crippen MR) is 136 cm³/mol. The van der Waals surface area contributed by atoms with Crippen molar-refractivity contribution in [3.63, 3.8) is 0 Å². The van der Waals surface area contributed by atoms with Crippen molar-refractivity contribution in [1.29, 1.82) is 0 Å². The molecule has 172 valence electrons. The molecule has 1 unspecified atom stereocenters. The van der Waals surface area contributed by atoms with E-state index in [2.05, 4.69) is 17.3 Å². The second kappa shape index (κ2) is 12.2. The van der Waals surface area contributed by atoms with Gasteiger partial charge in [-0.1, -0.05) is 55.6 Å². The van der Waals surface area contributed by atoms with Gasteiger partial charge in [0, 0.05) is 31.0 Å². The quantitative estimate of drug-likeness (QED) is 0.496. The molecular weight excluding hydrogens is 442 g/mol. The van der Waals surface area contributed by atoms with E-state index >= 15 is 0 Å². The van der Waals surface area contributed by atoms with E-state index in [1.165, 1.54) is 38.5 Å². The Balaban J connectivity index is 0.00000289. The Hall–Kier alpha value is -2.18. The lowest BCUT2D eigenvalue weighted by Crippen LogP contribution is -2.34. The Labute approximate surface area is 201 Å².